The third-order valence-electron chi connectivity index (χ3n) is 5.67. The van der Waals surface area contributed by atoms with Crippen LogP contribution in [0.2, 0.25) is 0 Å². The van der Waals surface area contributed by atoms with E-state index in [4.69, 9.17) is 3.76 Å². The van der Waals surface area contributed by atoms with E-state index in [-0.39, 0.29) is 0 Å². The van der Waals surface area contributed by atoms with Gasteiger partial charge in [0.1, 0.15) is 0 Å². The Bertz CT molecular complexity index is 727. The molecule has 4 heteroatoms. The second-order valence-corrected chi connectivity index (χ2v) is 9.71. The average molecular weight is 455 g/mol. The van der Waals surface area contributed by atoms with Gasteiger partial charge < -0.3 is 0 Å². The number of aryl methyl sites for hydroxylation is 3. The van der Waals surface area contributed by atoms with E-state index in [1.54, 1.807) is 0 Å². The van der Waals surface area contributed by atoms with Crippen LogP contribution >= 0.6 is 0 Å². The van der Waals surface area contributed by atoms with Crippen molar-refractivity contribution in [3.63, 3.8) is 0 Å². The SMILES string of the molecule is CCN(CC)Cc1cccc(CN(CC)CC)[c]1[Ge][O]c1c(C)cc(C)cc1C. The Morgan fingerprint density at radius 3 is 1.62 bits per heavy atom. The van der Waals surface area contributed by atoms with Gasteiger partial charge in [0, 0.05) is 0 Å². The first-order valence-corrected chi connectivity index (χ1v) is 12.9. The van der Waals surface area contributed by atoms with Crippen molar-refractivity contribution in [3.05, 3.63) is 58.1 Å². The standard InChI is InChI=1S/C25H38GeN2O/c1-8-27(9-2)17-22-13-12-14-23(18-28(10-3)11-4)24(22)26-29-25-20(6)15-19(5)16-21(25)7/h12-16H,8-11,17-18H2,1-7H3. The van der Waals surface area contributed by atoms with Crippen LogP contribution in [0.5, 0.6) is 5.75 Å². The molecule has 0 unspecified atom stereocenters. The average Bonchev–Trinajstić information content (AvgIpc) is 2.70. The normalized spacial score (nSPS) is 11.5. The van der Waals surface area contributed by atoms with E-state index in [0.717, 1.165) is 45.0 Å². The van der Waals surface area contributed by atoms with Crippen molar-refractivity contribution in [3.8, 4) is 5.75 Å². The van der Waals surface area contributed by atoms with Gasteiger partial charge in [0.15, 0.2) is 0 Å². The van der Waals surface area contributed by atoms with Gasteiger partial charge in [-0.1, -0.05) is 0 Å². The molecular formula is C25H38GeN2O. The van der Waals surface area contributed by atoms with Gasteiger partial charge in [0.05, 0.1) is 0 Å². The van der Waals surface area contributed by atoms with Crippen molar-refractivity contribution in [1.29, 1.82) is 0 Å². The third kappa shape index (κ3) is 6.60. The fraction of sp³-hybridized carbons (Fsp3) is 0.520. The van der Waals surface area contributed by atoms with Crippen LogP contribution in [0, 0.1) is 20.8 Å². The minimum absolute atomic E-state index is 0.741. The number of benzene rings is 2. The van der Waals surface area contributed by atoms with Crippen molar-refractivity contribution in [2.75, 3.05) is 26.2 Å². The summed E-state index contributed by atoms with van der Waals surface area (Å²) in [6.07, 6.45) is 0. The van der Waals surface area contributed by atoms with Crippen molar-refractivity contribution >= 4 is 20.2 Å². The summed E-state index contributed by atoms with van der Waals surface area (Å²) in [4.78, 5) is 4.99. The van der Waals surface area contributed by atoms with Gasteiger partial charge in [-0.2, -0.15) is 0 Å². The Morgan fingerprint density at radius 2 is 1.21 bits per heavy atom. The first-order chi connectivity index (χ1) is 13.9. The molecule has 2 rings (SSSR count). The third-order valence-corrected chi connectivity index (χ3v) is 8.09. The zero-order valence-electron chi connectivity index (χ0n) is 19.4. The van der Waals surface area contributed by atoms with Crippen molar-refractivity contribution in [2.24, 2.45) is 0 Å². The van der Waals surface area contributed by atoms with Crippen LogP contribution in [0.25, 0.3) is 0 Å². The topological polar surface area (TPSA) is 15.7 Å². The minimum atomic E-state index is -0.741. The monoisotopic (exact) mass is 456 g/mol. The summed E-state index contributed by atoms with van der Waals surface area (Å²) in [5, 5.41) is 0. The molecule has 0 atom stereocenters. The van der Waals surface area contributed by atoms with Crippen molar-refractivity contribution in [2.45, 2.75) is 61.6 Å². The summed E-state index contributed by atoms with van der Waals surface area (Å²) in [5.41, 5.74) is 6.69. The van der Waals surface area contributed by atoms with Crippen LogP contribution in [-0.2, 0) is 13.1 Å². The second-order valence-electron chi connectivity index (χ2n) is 7.81. The molecule has 0 aliphatic carbocycles. The summed E-state index contributed by atoms with van der Waals surface area (Å²) in [6.45, 7) is 21.8. The number of nitrogens with zero attached hydrogens (tertiary/aromatic N) is 2. The molecule has 0 bridgehead atoms. The molecule has 2 radical (unpaired) electrons. The molecule has 0 aromatic heterocycles. The molecule has 0 spiro atoms. The van der Waals surface area contributed by atoms with E-state index in [2.05, 4.69) is 88.6 Å². The van der Waals surface area contributed by atoms with E-state index in [1.165, 1.54) is 32.2 Å². The molecule has 0 aliphatic heterocycles. The zero-order chi connectivity index (χ0) is 21.4. The first kappa shape index (κ1) is 24.0. The maximum absolute atomic E-state index is 6.58. The Labute approximate surface area is 185 Å². The Hall–Kier alpha value is -1.30. The van der Waals surface area contributed by atoms with Gasteiger partial charge in [-0.15, -0.1) is 0 Å². The fourth-order valence-electron chi connectivity index (χ4n) is 3.85. The maximum atomic E-state index is 6.58. The zero-order valence-corrected chi connectivity index (χ0v) is 21.5. The Morgan fingerprint density at radius 1 is 0.759 bits per heavy atom. The Kier molecular flexibility index (Phi) is 9.74. The summed E-state index contributed by atoms with van der Waals surface area (Å²) >= 11 is -0.741. The van der Waals surface area contributed by atoms with Crippen LogP contribution in [0.4, 0.5) is 0 Å². The van der Waals surface area contributed by atoms with E-state index < -0.39 is 15.8 Å². The summed E-state index contributed by atoms with van der Waals surface area (Å²) < 4.78 is 8.05. The molecule has 0 saturated heterocycles. The molecule has 3 nitrogen and oxygen atoms in total. The predicted molar refractivity (Wildman–Crippen MR) is 126 cm³/mol. The van der Waals surface area contributed by atoms with Crippen LogP contribution in [0.15, 0.2) is 30.3 Å². The van der Waals surface area contributed by atoms with Gasteiger partial charge in [-0.05, 0) is 0 Å². The van der Waals surface area contributed by atoms with E-state index in [9.17, 15) is 0 Å². The second kappa shape index (κ2) is 11.8. The fourth-order valence-corrected chi connectivity index (χ4v) is 6.19. The van der Waals surface area contributed by atoms with Gasteiger partial charge >= 0.3 is 185 Å². The first-order valence-electron chi connectivity index (χ1n) is 11.0. The van der Waals surface area contributed by atoms with Crippen LogP contribution in [0.3, 0.4) is 0 Å². The molecule has 0 aliphatic rings. The predicted octanol–water partition coefficient (Wildman–Crippen LogP) is 4.62. The molecule has 0 saturated carbocycles. The summed E-state index contributed by atoms with van der Waals surface area (Å²) in [7, 11) is 0. The molecular weight excluding hydrogens is 417 g/mol. The quantitative estimate of drug-likeness (QED) is 0.460. The van der Waals surface area contributed by atoms with Crippen LogP contribution in [0.1, 0.15) is 55.5 Å². The number of hydrogen-bond acceptors (Lipinski definition) is 3. The van der Waals surface area contributed by atoms with Gasteiger partial charge in [-0.3, -0.25) is 0 Å². The van der Waals surface area contributed by atoms with Gasteiger partial charge in [0.25, 0.3) is 0 Å². The molecule has 158 valence electrons. The summed E-state index contributed by atoms with van der Waals surface area (Å²) in [5.74, 6) is 1.09. The van der Waals surface area contributed by atoms with Crippen molar-refractivity contribution < 1.29 is 3.76 Å². The van der Waals surface area contributed by atoms with E-state index in [0.29, 0.717) is 0 Å². The molecule has 2 aromatic carbocycles. The van der Waals surface area contributed by atoms with Crippen LogP contribution < -0.4 is 8.16 Å². The number of hydrogen-bond donors (Lipinski definition) is 0. The van der Waals surface area contributed by atoms with E-state index in [1.807, 2.05) is 0 Å². The van der Waals surface area contributed by atoms with Gasteiger partial charge in [-0.25, -0.2) is 0 Å². The van der Waals surface area contributed by atoms with Gasteiger partial charge in [0.2, 0.25) is 0 Å². The number of rotatable bonds is 11. The molecule has 2 aromatic rings. The van der Waals surface area contributed by atoms with E-state index >= 15 is 0 Å². The van der Waals surface area contributed by atoms with Crippen LogP contribution in [-0.4, -0.2) is 51.7 Å². The Balaban J connectivity index is 2.37. The summed E-state index contributed by atoms with van der Waals surface area (Å²) in [6, 6.07) is 11.3. The molecule has 29 heavy (non-hydrogen) atoms. The molecule has 0 heterocycles. The molecule has 0 N–H and O–H groups in total. The van der Waals surface area contributed by atoms with Crippen molar-refractivity contribution in [1.82, 2.24) is 9.80 Å². The molecule has 0 amide bonds. The molecule has 0 fully saturated rings.